The fourth-order valence-electron chi connectivity index (χ4n) is 2.09. The molecular weight excluding hydrogens is 310 g/mol. The van der Waals surface area contributed by atoms with Crippen LogP contribution < -0.4 is 10.1 Å². The van der Waals surface area contributed by atoms with Crippen molar-refractivity contribution in [3.8, 4) is 17.1 Å². The SMILES string of the molecule is CCOCCCNC(=O)CCc1nc(-c2cccc(OC)c2)no1. The summed E-state index contributed by atoms with van der Waals surface area (Å²) >= 11 is 0. The summed E-state index contributed by atoms with van der Waals surface area (Å²) in [7, 11) is 1.60. The Labute approximate surface area is 141 Å². The van der Waals surface area contributed by atoms with E-state index < -0.39 is 0 Å². The van der Waals surface area contributed by atoms with Crippen molar-refractivity contribution < 1.29 is 18.8 Å². The van der Waals surface area contributed by atoms with Crippen LogP contribution in [0, 0.1) is 0 Å². The number of carbonyl (C=O) groups is 1. The van der Waals surface area contributed by atoms with E-state index in [2.05, 4.69) is 15.5 Å². The molecule has 0 radical (unpaired) electrons. The van der Waals surface area contributed by atoms with Crippen molar-refractivity contribution in [2.75, 3.05) is 26.9 Å². The molecule has 130 valence electrons. The summed E-state index contributed by atoms with van der Waals surface area (Å²) in [4.78, 5) is 16.1. The predicted octanol–water partition coefficient (Wildman–Crippen LogP) is 2.22. The summed E-state index contributed by atoms with van der Waals surface area (Å²) in [6, 6.07) is 7.42. The van der Waals surface area contributed by atoms with Crippen molar-refractivity contribution in [2.24, 2.45) is 0 Å². The Bertz CT molecular complexity index is 642. The largest absolute Gasteiger partial charge is 0.497 e. The zero-order chi connectivity index (χ0) is 17.2. The first-order valence-electron chi connectivity index (χ1n) is 8.04. The van der Waals surface area contributed by atoms with Crippen LogP contribution in [0.15, 0.2) is 28.8 Å². The second-order valence-corrected chi connectivity index (χ2v) is 5.14. The van der Waals surface area contributed by atoms with Crippen LogP contribution in [0.5, 0.6) is 5.75 Å². The molecule has 2 rings (SSSR count). The highest BCUT2D eigenvalue weighted by Crippen LogP contribution is 2.21. The maximum Gasteiger partial charge on any atom is 0.227 e. The zero-order valence-corrected chi connectivity index (χ0v) is 14.1. The first-order chi connectivity index (χ1) is 11.7. The van der Waals surface area contributed by atoms with Crippen molar-refractivity contribution in [1.82, 2.24) is 15.5 Å². The number of methoxy groups -OCH3 is 1. The summed E-state index contributed by atoms with van der Waals surface area (Å²) < 4.78 is 15.6. The second-order valence-electron chi connectivity index (χ2n) is 5.14. The lowest BCUT2D eigenvalue weighted by molar-refractivity contribution is -0.121. The van der Waals surface area contributed by atoms with E-state index in [1.807, 2.05) is 31.2 Å². The Hall–Kier alpha value is -2.41. The third-order valence-electron chi connectivity index (χ3n) is 3.35. The summed E-state index contributed by atoms with van der Waals surface area (Å²) in [5.41, 5.74) is 0.810. The average Bonchev–Trinajstić information content (AvgIpc) is 3.09. The molecule has 0 saturated heterocycles. The number of nitrogens with one attached hydrogen (secondary N) is 1. The quantitative estimate of drug-likeness (QED) is 0.671. The summed E-state index contributed by atoms with van der Waals surface area (Å²) in [6.45, 7) is 3.91. The highest BCUT2D eigenvalue weighted by molar-refractivity contribution is 5.75. The first kappa shape index (κ1) is 17.9. The molecule has 0 spiro atoms. The molecule has 0 aliphatic heterocycles. The molecule has 0 aliphatic rings. The van der Waals surface area contributed by atoms with E-state index in [0.717, 1.165) is 17.7 Å². The Morgan fingerprint density at radius 3 is 3.04 bits per heavy atom. The molecule has 0 bridgehead atoms. The van der Waals surface area contributed by atoms with E-state index in [1.165, 1.54) is 0 Å². The van der Waals surface area contributed by atoms with Crippen molar-refractivity contribution in [3.05, 3.63) is 30.2 Å². The van der Waals surface area contributed by atoms with Crippen LogP contribution in [-0.4, -0.2) is 42.9 Å². The highest BCUT2D eigenvalue weighted by atomic mass is 16.5. The summed E-state index contributed by atoms with van der Waals surface area (Å²) in [5.74, 6) is 1.62. The average molecular weight is 333 g/mol. The standard InChI is InChI=1S/C17H23N3O4/c1-3-23-11-5-10-18-15(21)8-9-16-19-17(20-24-16)13-6-4-7-14(12-13)22-2/h4,6-7,12H,3,5,8-11H2,1-2H3,(H,18,21). The van der Waals surface area contributed by atoms with Gasteiger partial charge in [-0.2, -0.15) is 4.98 Å². The van der Waals surface area contributed by atoms with Crippen molar-refractivity contribution in [2.45, 2.75) is 26.2 Å². The van der Waals surface area contributed by atoms with Crippen LogP contribution >= 0.6 is 0 Å². The summed E-state index contributed by atoms with van der Waals surface area (Å²) in [5, 5.41) is 6.79. The summed E-state index contributed by atoms with van der Waals surface area (Å²) in [6.07, 6.45) is 1.53. The maximum absolute atomic E-state index is 11.8. The molecule has 7 nitrogen and oxygen atoms in total. The number of aromatic nitrogens is 2. The second kappa shape index (κ2) is 9.67. The van der Waals surface area contributed by atoms with Gasteiger partial charge in [0.2, 0.25) is 17.6 Å². The van der Waals surface area contributed by atoms with Gasteiger partial charge in [0.15, 0.2) is 0 Å². The third kappa shape index (κ3) is 5.66. The van der Waals surface area contributed by atoms with Gasteiger partial charge in [-0.3, -0.25) is 4.79 Å². The monoisotopic (exact) mass is 333 g/mol. The van der Waals surface area contributed by atoms with Gasteiger partial charge in [0.25, 0.3) is 0 Å². The normalized spacial score (nSPS) is 10.6. The molecule has 24 heavy (non-hydrogen) atoms. The van der Waals surface area contributed by atoms with Gasteiger partial charge in [-0.05, 0) is 25.5 Å². The molecule has 1 aromatic heterocycles. The van der Waals surface area contributed by atoms with E-state index >= 15 is 0 Å². The number of hydrogen-bond donors (Lipinski definition) is 1. The van der Waals surface area contributed by atoms with Gasteiger partial charge in [-0.15, -0.1) is 0 Å². The minimum atomic E-state index is -0.0346. The van der Waals surface area contributed by atoms with Gasteiger partial charge in [0, 0.05) is 38.2 Å². The molecule has 1 amide bonds. The van der Waals surface area contributed by atoms with Crippen molar-refractivity contribution in [3.63, 3.8) is 0 Å². The number of hydrogen-bond acceptors (Lipinski definition) is 6. The number of nitrogens with zero attached hydrogens (tertiary/aromatic N) is 2. The minimum Gasteiger partial charge on any atom is -0.497 e. The highest BCUT2D eigenvalue weighted by Gasteiger charge is 2.11. The Morgan fingerprint density at radius 1 is 1.38 bits per heavy atom. The van der Waals surface area contributed by atoms with Crippen molar-refractivity contribution in [1.29, 1.82) is 0 Å². The lowest BCUT2D eigenvalue weighted by atomic mass is 10.2. The molecule has 1 heterocycles. The number of rotatable bonds is 10. The van der Waals surface area contributed by atoms with Gasteiger partial charge in [0.1, 0.15) is 5.75 Å². The number of amides is 1. The Morgan fingerprint density at radius 2 is 2.25 bits per heavy atom. The first-order valence-corrected chi connectivity index (χ1v) is 8.04. The fourth-order valence-corrected chi connectivity index (χ4v) is 2.09. The Kier molecular flexibility index (Phi) is 7.22. The third-order valence-corrected chi connectivity index (χ3v) is 3.35. The van der Waals surface area contributed by atoms with Crippen LogP contribution in [0.3, 0.4) is 0 Å². The molecular formula is C17H23N3O4. The van der Waals surface area contributed by atoms with Gasteiger partial charge < -0.3 is 19.3 Å². The topological polar surface area (TPSA) is 86.5 Å². The number of carbonyl (C=O) groups excluding carboxylic acids is 1. The van der Waals surface area contributed by atoms with E-state index in [-0.39, 0.29) is 5.91 Å². The van der Waals surface area contributed by atoms with Gasteiger partial charge in [-0.25, -0.2) is 0 Å². The molecule has 2 aromatic rings. The lowest BCUT2D eigenvalue weighted by Gasteiger charge is -2.04. The van der Waals surface area contributed by atoms with E-state index in [0.29, 0.717) is 44.3 Å². The van der Waals surface area contributed by atoms with Crippen LogP contribution in [0.25, 0.3) is 11.4 Å². The van der Waals surface area contributed by atoms with Gasteiger partial charge in [-0.1, -0.05) is 17.3 Å². The van der Waals surface area contributed by atoms with Crippen LogP contribution in [-0.2, 0) is 16.0 Å². The maximum atomic E-state index is 11.8. The molecule has 0 fully saturated rings. The lowest BCUT2D eigenvalue weighted by Crippen LogP contribution is -2.25. The van der Waals surface area contributed by atoms with Crippen molar-refractivity contribution >= 4 is 5.91 Å². The van der Waals surface area contributed by atoms with Crippen LogP contribution in [0.4, 0.5) is 0 Å². The smallest absolute Gasteiger partial charge is 0.227 e. The Balaban J connectivity index is 1.78. The predicted molar refractivity (Wildman–Crippen MR) is 88.7 cm³/mol. The number of benzene rings is 1. The zero-order valence-electron chi connectivity index (χ0n) is 14.1. The molecule has 1 aromatic carbocycles. The van der Waals surface area contributed by atoms with Gasteiger partial charge in [0.05, 0.1) is 7.11 Å². The molecule has 0 saturated carbocycles. The molecule has 0 unspecified atom stereocenters. The minimum absolute atomic E-state index is 0.0346. The number of aryl methyl sites for hydroxylation is 1. The molecule has 0 atom stereocenters. The van der Waals surface area contributed by atoms with E-state index in [4.69, 9.17) is 14.0 Å². The molecule has 0 aliphatic carbocycles. The van der Waals surface area contributed by atoms with E-state index in [9.17, 15) is 4.79 Å². The molecule has 1 N–H and O–H groups in total. The fraction of sp³-hybridized carbons (Fsp3) is 0.471. The van der Waals surface area contributed by atoms with Crippen LogP contribution in [0.2, 0.25) is 0 Å². The van der Waals surface area contributed by atoms with Crippen LogP contribution in [0.1, 0.15) is 25.7 Å². The molecule has 7 heteroatoms. The van der Waals surface area contributed by atoms with Gasteiger partial charge >= 0.3 is 0 Å². The number of ether oxygens (including phenoxy) is 2. The van der Waals surface area contributed by atoms with E-state index in [1.54, 1.807) is 7.11 Å².